The van der Waals surface area contributed by atoms with Crippen LogP contribution in [0.2, 0.25) is 0 Å². The van der Waals surface area contributed by atoms with Gasteiger partial charge in [-0.25, -0.2) is 4.98 Å². The van der Waals surface area contributed by atoms with Crippen LogP contribution in [0.5, 0.6) is 0 Å². The summed E-state index contributed by atoms with van der Waals surface area (Å²) >= 11 is 5.25. The maximum absolute atomic E-state index is 5.89. The Morgan fingerprint density at radius 3 is 2.78 bits per heavy atom. The van der Waals surface area contributed by atoms with E-state index in [1.165, 1.54) is 14.4 Å². The summed E-state index contributed by atoms with van der Waals surface area (Å²) in [6.07, 6.45) is 3.84. The number of hydrogen-bond donors (Lipinski definition) is 1. The summed E-state index contributed by atoms with van der Waals surface area (Å²) in [4.78, 5) is 5.60. The van der Waals surface area contributed by atoms with Gasteiger partial charge in [0.15, 0.2) is 0 Å². The van der Waals surface area contributed by atoms with Gasteiger partial charge in [-0.2, -0.15) is 0 Å². The number of nitrogens with zero attached hydrogens (tertiary/aromatic N) is 2. The zero-order valence-electron chi connectivity index (χ0n) is 10.6. The molecular formula is C13H18BrN3S. The van der Waals surface area contributed by atoms with Gasteiger partial charge in [-0.1, -0.05) is 13.8 Å². The molecule has 0 bridgehead atoms. The smallest absolute Gasteiger partial charge is 0.0951 e. The van der Waals surface area contributed by atoms with Crippen LogP contribution in [-0.4, -0.2) is 16.1 Å². The van der Waals surface area contributed by atoms with Crippen LogP contribution in [0, 0.1) is 5.92 Å². The maximum atomic E-state index is 5.89. The fourth-order valence-corrected chi connectivity index (χ4v) is 3.59. The summed E-state index contributed by atoms with van der Waals surface area (Å²) in [5.74, 6) is 0.899. The van der Waals surface area contributed by atoms with E-state index < -0.39 is 0 Å². The van der Waals surface area contributed by atoms with Crippen molar-refractivity contribution in [2.75, 3.05) is 6.54 Å². The monoisotopic (exact) mass is 327 g/mol. The van der Waals surface area contributed by atoms with Gasteiger partial charge in [-0.15, -0.1) is 11.3 Å². The average molecular weight is 328 g/mol. The molecule has 2 N–H and O–H groups in total. The summed E-state index contributed by atoms with van der Waals surface area (Å²) < 4.78 is 3.37. The standard InChI is InChI=1S/C13H18BrN3S/c1-9(2)11(5-15)12-6-16-8-17(12)7-10-3-4-13(14)18-10/h3-4,6,8-9,11H,5,7,15H2,1-2H3. The first kappa shape index (κ1) is 13.8. The Labute approximate surface area is 120 Å². The van der Waals surface area contributed by atoms with Gasteiger partial charge in [0.1, 0.15) is 0 Å². The lowest BCUT2D eigenvalue weighted by atomic mass is 9.93. The maximum Gasteiger partial charge on any atom is 0.0951 e. The van der Waals surface area contributed by atoms with Crippen molar-refractivity contribution < 1.29 is 0 Å². The van der Waals surface area contributed by atoms with Crippen LogP contribution >= 0.6 is 27.3 Å². The Kier molecular flexibility index (Phi) is 4.59. The average Bonchev–Trinajstić information content (AvgIpc) is 2.90. The van der Waals surface area contributed by atoms with Crippen LogP contribution in [-0.2, 0) is 6.54 Å². The van der Waals surface area contributed by atoms with Gasteiger partial charge in [-0.3, -0.25) is 0 Å². The van der Waals surface area contributed by atoms with E-state index in [0.717, 1.165) is 6.54 Å². The number of thiophene rings is 1. The molecule has 0 saturated carbocycles. The van der Waals surface area contributed by atoms with Gasteiger partial charge >= 0.3 is 0 Å². The molecule has 0 amide bonds. The van der Waals surface area contributed by atoms with Crippen molar-refractivity contribution >= 4 is 27.3 Å². The molecule has 1 atom stereocenters. The number of nitrogens with two attached hydrogens (primary N) is 1. The van der Waals surface area contributed by atoms with Crippen molar-refractivity contribution in [1.29, 1.82) is 0 Å². The molecule has 3 nitrogen and oxygen atoms in total. The Balaban J connectivity index is 2.22. The SMILES string of the molecule is CC(C)C(CN)c1cncn1Cc1ccc(Br)s1. The van der Waals surface area contributed by atoms with E-state index in [9.17, 15) is 0 Å². The van der Waals surface area contributed by atoms with E-state index in [1.807, 2.05) is 12.5 Å². The lowest BCUT2D eigenvalue weighted by Gasteiger charge is -2.20. The predicted octanol–water partition coefficient (Wildman–Crippen LogP) is 3.45. The second-order valence-electron chi connectivity index (χ2n) is 4.74. The zero-order chi connectivity index (χ0) is 13.1. The van der Waals surface area contributed by atoms with Gasteiger partial charge in [0.2, 0.25) is 0 Å². The Hall–Kier alpha value is -0.650. The highest BCUT2D eigenvalue weighted by Gasteiger charge is 2.18. The normalized spacial score (nSPS) is 13.2. The van der Waals surface area contributed by atoms with Crippen molar-refractivity contribution in [2.45, 2.75) is 26.3 Å². The first-order valence-corrected chi connectivity index (χ1v) is 7.67. The number of halogens is 1. The molecular weight excluding hydrogens is 310 g/mol. The number of hydrogen-bond acceptors (Lipinski definition) is 3. The van der Waals surface area contributed by atoms with Gasteiger partial charge in [-0.05, 0) is 34.0 Å². The Bertz CT molecular complexity index is 504. The van der Waals surface area contributed by atoms with Crippen LogP contribution < -0.4 is 5.73 Å². The topological polar surface area (TPSA) is 43.8 Å². The van der Waals surface area contributed by atoms with Crippen LogP contribution in [0.3, 0.4) is 0 Å². The van der Waals surface area contributed by atoms with E-state index in [1.54, 1.807) is 11.3 Å². The molecule has 2 rings (SSSR count). The molecule has 2 aromatic rings. The quantitative estimate of drug-likeness (QED) is 0.913. The van der Waals surface area contributed by atoms with Crippen molar-refractivity contribution in [2.24, 2.45) is 11.7 Å². The first-order valence-electron chi connectivity index (χ1n) is 6.06. The zero-order valence-corrected chi connectivity index (χ0v) is 13.0. The molecule has 0 aromatic carbocycles. The van der Waals surface area contributed by atoms with Crippen molar-refractivity contribution in [3.05, 3.63) is 39.0 Å². The third-order valence-electron chi connectivity index (χ3n) is 3.14. The lowest BCUT2D eigenvalue weighted by Crippen LogP contribution is -2.21. The summed E-state index contributed by atoms with van der Waals surface area (Å²) in [6, 6.07) is 4.23. The predicted molar refractivity (Wildman–Crippen MR) is 80.0 cm³/mol. The summed E-state index contributed by atoms with van der Waals surface area (Å²) in [5.41, 5.74) is 7.12. The Morgan fingerprint density at radius 2 is 2.22 bits per heavy atom. The van der Waals surface area contributed by atoms with Crippen LogP contribution in [0.1, 0.15) is 30.3 Å². The molecule has 2 aromatic heterocycles. The summed E-state index contributed by atoms with van der Waals surface area (Å²) in [6.45, 7) is 5.94. The molecule has 18 heavy (non-hydrogen) atoms. The van der Waals surface area contributed by atoms with E-state index in [-0.39, 0.29) is 0 Å². The first-order chi connectivity index (χ1) is 8.61. The van der Waals surface area contributed by atoms with Crippen molar-refractivity contribution in [3.63, 3.8) is 0 Å². The molecule has 2 heterocycles. The molecule has 98 valence electrons. The largest absolute Gasteiger partial charge is 0.330 e. The third-order valence-corrected chi connectivity index (χ3v) is 4.75. The molecule has 0 saturated heterocycles. The van der Waals surface area contributed by atoms with Crippen molar-refractivity contribution in [3.8, 4) is 0 Å². The second kappa shape index (κ2) is 5.99. The molecule has 0 radical (unpaired) electrons. The number of imidazole rings is 1. The molecule has 1 unspecified atom stereocenters. The van der Waals surface area contributed by atoms with Gasteiger partial charge in [0, 0.05) is 29.2 Å². The van der Waals surface area contributed by atoms with Gasteiger partial charge < -0.3 is 10.3 Å². The highest BCUT2D eigenvalue weighted by molar-refractivity contribution is 9.11. The minimum absolute atomic E-state index is 0.371. The molecule has 0 fully saturated rings. The van der Waals surface area contributed by atoms with Gasteiger partial charge in [0.05, 0.1) is 16.7 Å². The van der Waals surface area contributed by atoms with Crippen LogP contribution in [0.25, 0.3) is 0 Å². The second-order valence-corrected chi connectivity index (χ2v) is 7.29. The minimum Gasteiger partial charge on any atom is -0.330 e. The highest BCUT2D eigenvalue weighted by Crippen LogP contribution is 2.26. The lowest BCUT2D eigenvalue weighted by molar-refractivity contribution is 0.478. The van der Waals surface area contributed by atoms with E-state index in [4.69, 9.17) is 5.73 Å². The number of rotatable bonds is 5. The highest BCUT2D eigenvalue weighted by atomic mass is 79.9. The van der Waals surface area contributed by atoms with Gasteiger partial charge in [0.25, 0.3) is 0 Å². The fraction of sp³-hybridized carbons (Fsp3) is 0.462. The Morgan fingerprint density at radius 1 is 1.44 bits per heavy atom. The minimum atomic E-state index is 0.371. The molecule has 0 aliphatic rings. The van der Waals surface area contributed by atoms with Crippen LogP contribution in [0.4, 0.5) is 0 Å². The molecule has 0 spiro atoms. The summed E-state index contributed by atoms with van der Waals surface area (Å²) in [5, 5.41) is 0. The fourth-order valence-electron chi connectivity index (χ4n) is 2.11. The molecule has 0 aliphatic carbocycles. The number of aromatic nitrogens is 2. The molecule has 5 heteroatoms. The third kappa shape index (κ3) is 3.02. The van der Waals surface area contributed by atoms with E-state index >= 15 is 0 Å². The van der Waals surface area contributed by atoms with E-state index in [0.29, 0.717) is 18.4 Å². The van der Waals surface area contributed by atoms with Crippen LogP contribution in [0.15, 0.2) is 28.4 Å². The molecule has 0 aliphatic heterocycles. The van der Waals surface area contributed by atoms with E-state index in [2.05, 4.69) is 51.5 Å². The summed E-state index contributed by atoms with van der Waals surface area (Å²) in [7, 11) is 0. The van der Waals surface area contributed by atoms with Crippen molar-refractivity contribution in [1.82, 2.24) is 9.55 Å².